The molecule has 0 unspecified atom stereocenters. The van der Waals surface area contributed by atoms with Crippen molar-refractivity contribution in [2.75, 3.05) is 5.32 Å². The van der Waals surface area contributed by atoms with E-state index in [9.17, 15) is 9.90 Å². The molecular weight excluding hydrogens is 402 g/mol. The van der Waals surface area contributed by atoms with Crippen LogP contribution in [0.15, 0.2) is 85.2 Å². The molecule has 5 aromatic rings. The van der Waals surface area contributed by atoms with Crippen molar-refractivity contribution in [2.24, 2.45) is 0 Å². The number of aromatic nitrogens is 4. The highest BCUT2D eigenvalue weighted by atomic mass is 16.3. The maximum Gasteiger partial charge on any atom is 0.255 e. The molecule has 0 aliphatic rings. The molecule has 2 aromatic heterocycles. The van der Waals surface area contributed by atoms with Gasteiger partial charge in [-0.15, -0.1) is 0 Å². The van der Waals surface area contributed by atoms with Crippen LogP contribution in [0.4, 0.5) is 5.69 Å². The van der Waals surface area contributed by atoms with Crippen molar-refractivity contribution in [3.63, 3.8) is 0 Å². The van der Waals surface area contributed by atoms with Crippen molar-refractivity contribution < 1.29 is 9.90 Å². The molecule has 2 N–H and O–H groups in total. The van der Waals surface area contributed by atoms with E-state index in [0.717, 1.165) is 22.5 Å². The molecule has 0 fully saturated rings. The molecule has 0 radical (unpaired) electrons. The molecule has 0 aliphatic heterocycles. The van der Waals surface area contributed by atoms with Crippen LogP contribution >= 0.6 is 0 Å². The summed E-state index contributed by atoms with van der Waals surface area (Å²) in [5, 5.41) is 12.4. The highest BCUT2D eigenvalue weighted by molar-refractivity contribution is 6.06. The first kappa shape index (κ1) is 19.4. The molecule has 0 saturated heterocycles. The fraction of sp³-hybridized carbons (Fsp3) is 0.0400. The van der Waals surface area contributed by atoms with Crippen LogP contribution in [0.3, 0.4) is 0 Å². The monoisotopic (exact) mass is 421 g/mol. The summed E-state index contributed by atoms with van der Waals surface area (Å²) in [6, 6.07) is 22.1. The number of carbonyl (C=O) groups excluding carboxylic acids is 1. The summed E-state index contributed by atoms with van der Waals surface area (Å²) < 4.78 is 2.06. The lowest BCUT2D eigenvalue weighted by molar-refractivity contribution is 0.102. The number of phenols is 1. The number of nitrogens with zero attached hydrogens (tertiary/aromatic N) is 4. The van der Waals surface area contributed by atoms with Crippen molar-refractivity contribution in [3.05, 3.63) is 96.6 Å². The number of nitrogens with one attached hydrogen (secondary N) is 1. The predicted octanol–water partition coefficient (Wildman–Crippen LogP) is 4.75. The Kier molecular flexibility index (Phi) is 4.84. The van der Waals surface area contributed by atoms with Gasteiger partial charge in [-0.05, 0) is 49.4 Å². The highest BCUT2D eigenvalue weighted by Crippen LogP contribution is 2.23. The third-order valence-electron chi connectivity index (χ3n) is 5.11. The van der Waals surface area contributed by atoms with E-state index in [1.54, 1.807) is 36.4 Å². The van der Waals surface area contributed by atoms with Gasteiger partial charge in [-0.25, -0.2) is 15.0 Å². The number of carbonyl (C=O) groups is 1. The fourth-order valence-corrected chi connectivity index (χ4v) is 3.63. The van der Waals surface area contributed by atoms with Crippen molar-refractivity contribution in [3.8, 4) is 22.8 Å². The quantitative estimate of drug-likeness (QED) is 0.437. The summed E-state index contributed by atoms with van der Waals surface area (Å²) in [6.45, 7) is 1.94. The van der Waals surface area contributed by atoms with E-state index in [1.807, 2.05) is 43.3 Å². The van der Waals surface area contributed by atoms with Gasteiger partial charge in [-0.3, -0.25) is 9.36 Å². The zero-order chi connectivity index (χ0) is 22.1. The van der Waals surface area contributed by atoms with Gasteiger partial charge in [0, 0.05) is 16.8 Å². The topological polar surface area (TPSA) is 92.9 Å². The van der Waals surface area contributed by atoms with Crippen LogP contribution in [0.2, 0.25) is 0 Å². The Morgan fingerprint density at radius 2 is 1.72 bits per heavy atom. The lowest BCUT2D eigenvalue weighted by atomic mass is 10.1. The van der Waals surface area contributed by atoms with Crippen LogP contribution in [-0.2, 0) is 0 Å². The first-order valence-electron chi connectivity index (χ1n) is 10.1. The van der Waals surface area contributed by atoms with Crippen molar-refractivity contribution in [1.29, 1.82) is 0 Å². The van der Waals surface area contributed by atoms with Gasteiger partial charge in [0.25, 0.3) is 5.91 Å². The van der Waals surface area contributed by atoms with E-state index in [-0.39, 0.29) is 11.7 Å². The van der Waals surface area contributed by atoms with E-state index in [2.05, 4.69) is 24.8 Å². The number of benzene rings is 3. The third kappa shape index (κ3) is 3.67. The standard InChI is InChI=1S/C25H19N5O2/c1-16-28-22-13-18(10-11-23(22)30(16)20-7-3-2-4-8-20)25(32)29-19-14-26-24(27-15-19)17-6-5-9-21(31)12-17/h2-15,31H,1H3,(H,29,32). The van der Waals surface area contributed by atoms with E-state index < -0.39 is 0 Å². The molecule has 1 amide bonds. The van der Waals surface area contributed by atoms with Gasteiger partial charge in [0.05, 0.1) is 29.1 Å². The fourth-order valence-electron chi connectivity index (χ4n) is 3.63. The molecule has 7 nitrogen and oxygen atoms in total. The van der Waals surface area contributed by atoms with Crippen molar-refractivity contribution >= 4 is 22.6 Å². The molecule has 0 aliphatic carbocycles. The number of anilines is 1. The lowest BCUT2D eigenvalue weighted by Gasteiger charge is -2.08. The van der Waals surface area contributed by atoms with Gasteiger partial charge in [0.15, 0.2) is 5.82 Å². The molecule has 0 spiro atoms. The predicted molar refractivity (Wildman–Crippen MR) is 123 cm³/mol. The minimum Gasteiger partial charge on any atom is -0.508 e. The second-order valence-electron chi connectivity index (χ2n) is 7.33. The lowest BCUT2D eigenvalue weighted by Crippen LogP contribution is -2.12. The number of fused-ring (bicyclic) bond motifs is 1. The van der Waals surface area contributed by atoms with Crippen LogP contribution in [0, 0.1) is 6.92 Å². The number of aryl methyl sites for hydroxylation is 1. The van der Waals surface area contributed by atoms with Gasteiger partial charge in [0.1, 0.15) is 11.6 Å². The molecule has 0 bridgehead atoms. The highest BCUT2D eigenvalue weighted by Gasteiger charge is 2.13. The maximum absolute atomic E-state index is 12.8. The second-order valence-corrected chi connectivity index (χ2v) is 7.33. The Balaban J connectivity index is 1.38. The Morgan fingerprint density at radius 1 is 0.938 bits per heavy atom. The Morgan fingerprint density at radius 3 is 2.47 bits per heavy atom. The molecule has 7 heteroatoms. The van der Waals surface area contributed by atoms with Gasteiger partial charge in [-0.1, -0.05) is 30.3 Å². The summed E-state index contributed by atoms with van der Waals surface area (Å²) in [6.07, 6.45) is 3.08. The third-order valence-corrected chi connectivity index (χ3v) is 5.11. The van der Waals surface area contributed by atoms with Crippen LogP contribution < -0.4 is 5.32 Å². The summed E-state index contributed by atoms with van der Waals surface area (Å²) in [7, 11) is 0. The number of rotatable bonds is 4. The number of hydrogen-bond acceptors (Lipinski definition) is 5. The van der Waals surface area contributed by atoms with Gasteiger partial charge >= 0.3 is 0 Å². The molecule has 32 heavy (non-hydrogen) atoms. The Hall–Kier alpha value is -4.52. The summed E-state index contributed by atoms with van der Waals surface area (Å²) >= 11 is 0. The van der Waals surface area contributed by atoms with Crippen LogP contribution in [-0.4, -0.2) is 30.5 Å². The zero-order valence-electron chi connectivity index (χ0n) is 17.2. The number of amides is 1. The average molecular weight is 421 g/mol. The minimum atomic E-state index is -0.271. The number of phenolic OH excluding ortho intramolecular Hbond substituents is 1. The molecule has 156 valence electrons. The van der Waals surface area contributed by atoms with Gasteiger partial charge in [0.2, 0.25) is 0 Å². The molecule has 0 atom stereocenters. The molecule has 2 heterocycles. The van der Waals surface area contributed by atoms with E-state index in [0.29, 0.717) is 22.6 Å². The normalized spacial score (nSPS) is 10.9. The largest absolute Gasteiger partial charge is 0.508 e. The summed E-state index contributed by atoms with van der Waals surface area (Å²) in [5.74, 6) is 1.18. The number of aromatic hydroxyl groups is 1. The first-order valence-corrected chi connectivity index (χ1v) is 10.1. The summed E-state index contributed by atoms with van der Waals surface area (Å²) in [4.78, 5) is 26.0. The Labute approximate surface area is 184 Å². The minimum absolute atomic E-state index is 0.142. The van der Waals surface area contributed by atoms with Crippen LogP contribution in [0.1, 0.15) is 16.2 Å². The molecule has 0 saturated carbocycles. The van der Waals surface area contributed by atoms with E-state index in [4.69, 9.17) is 0 Å². The molecular formula is C25H19N5O2. The number of imidazole rings is 1. The van der Waals surface area contributed by atoms with Crippen LogP contribution in [0.25, 0.3) is 28.1 Å². The van der Waals surface area contributed by atoms with Crippen molar-refractivity contribution in [2.45, 2.75) is 6.92 Å². The van der Waals surface area contributed by atoms with Crippen LogP contribution in [0.5, 0.6) is 5.75 Å². The maximum atomic E-state index is 12.8. The van der Waals surface area contributed by atoms with E-state index >= 15 is 0 Å². The second kappa shape index (κ2) is 7.96. The first-order chi connectivity index (χ1) is 15.6. The van der Waals surface area contributed by atoms with Gasteiger partial charge in [-0.2, -0.15) is 0 Å². The smallest absolute Gasteiger partial charge is 0.255 e. The SMILES string of the molecule is Cc1nc2cc(C(=O)Nc3cnc(-c4cccc(O)c4)nc3)ccc2n1-c1ccccc1. The molecule has 3 aromatic carbocycles. The Bertz CT molecular complexity index is 1430. The summed E-state index contributed by atoms with van der Waals surface area (Å²) in [5.41, 5.74) is 4.36. The van der Waals surface area contributed by atoms with Gasteiger partial charge < -0.3 is 10.4 Å². The number of para-hydroxylation sites is 1. The average Bonchev–Trinajstić information content (AvgIpc) is 3.15. The number of hydrogen-bond donors (Lipinski definition) is 2. The zero-order valence-corrected chi connectivity index (χ0v) is 17.2. The molecule has 5 rings (SSSR count). The van der Waals surface area contributed by atoms with E-state index in [1.165, 1.54) is 12.4 Å². The van der Waals surface area contributed by atoms with Crippen molar-refractivity contribution in [1.82, 2.24) is 19.5 Å².